The van der Waals surface area contributed by atoms with Gasteiger partial charge in [-0.3, -0.25) is 4.79 Å². The van der Waals surface area contributed by atoms with Gasteiger partial charge in [-0.2, -0.15) is 0 Å². The molecule has 0 aliphatic carbocycles. The number of aromatic nitrogens is 2. The molecule has 0 saturated heterocycles. The van der Waals surface area contributed by atoms with E-state index in [0.29, 0.717) is 10.9 Å². The highest BCUT2D eigenvalue weighted by molar-refractivity contribution is 7.16. The Kier molecular flexibility index (Phi) is 6.32. The molecule has 4 aromatic rings. The number of carbonyl (C=O) groups is 1. The molecule has 4 rings (SSSR count). The number of halogens is 1. The summed E-state index contributed by atoms with van der Waals surface area (Å²) < 4.78 is 18.9. The van der Waals surface area contributed by atoms with Gasteiger partial charge >= 0.3 is 0 Å². The smallest absolute Gasteiger partial charge is 0.291 e. The van der Waals surface area contributed by atoms with Crippen molar-refractivity contribution < 1.29 is 13.6 Å². The molecule has 164 valence electrons. The van der Waals surface area contributed by atoms with Crippen molar-refractivity contribution in [2.75, 3.05) is 10.6 Å². The van der Waals surface area contributed by atoms with Crippen molar-refractivity contribution in [3.8, 4) is 0 Å². The zero-order chi connectivity index (χ0) is 22.7. The van der Waals surface area contributed by atoms with Crippen LogP contribution in [0.3, 0.4) is 0 Å². The largest absolute Gasteiger partial charge is 0.459 e. The van der Waals surface area contributed by atoms with Gasteiger partial charge in [0.05, 0.1) is 12.3 Å². The van der Waals surface area contributed by atoms with Crippen molar-refractivity contribution in [2.24, 2.45) is 0 Å². The van der Waals surface area contributed by atoms with E-state index in [9.17, 15) is 9.18 Å². The van der Waals surface area contributed by atoms with Crippen molar-refractivity contribution in [3.63, 3.8) is 0 Å². The number of rotatable bonds is 7. The number of hydrogen-bond acceptors (Lipinski definition) is 6. The van der Waals surface area contributed by atoms with Crippen LogP contribution in [0.2, 0.25) is 0 Å². The molecule has 0 saturated carbocycles. The van der Waals surface area contributed by atoms with Crippen LogP contribution in [0.1, 0.15) is 50.9 Å². The predicted molar refractivity (Wildman–Crippen MR) is 124 cm³/mol. The summed E-state index contributed by atoms with van der Waals surface area (Å²) in [7, 11) is 0. The molecule has 1 amide bonds. The van der Waals surface area contributed by atoms with Gasteiger partial charge in [0.2, 0.25) is 5.95 Å². The minimum Gasteiger partial charge on any atom is -0.459 e. The maximum Gasteiger partial charge on any atom is 0.291 e. The number of carbonyl (C=O) groups excluding carboxylic acids is 1. The Morgan fingerprint density at radius 1 is 1.12 bits per heavy atom. The lowest BCUT2D eigenvalue weighted by molar-refractivity contribution is 0.0997. The molecule has 3 heterocycles. The van der Waals surface area contributed by atoms with E-state index in [1.54, 1.807) is 24.3 Å². The maximum atomic E-state index is 13.6. The third-order valence-electron chi connectivity index (χ3n) is 4.90. The van der Waals surface area contributed by atoms with Crippen molar-refractivity contribution in [1.82, 2.24) is 9.97 Å². The topological polar surface area (TPSA) is 80.0 Å². The van der Waals surface area contributed by atoms with Crippen LogP contribution in [0.5, 0.6) is 0 Å². The number of thiophene rings is 1. The Labute approximate surface area is 189 Å². The monoisotopic (exact) mass is 450 g/mol. The van der Waals surface area contributed by atoms with Gasteiger partial charge in [0, 0.05) is 21.8 Å². The fourth-order valence-corrected chi connectivity index (χ4v) is 4.46. The first-order chi connectivity index (χ1) is 15.4. The van der Waals surface area contributed by atoms with E-state index in [2.05, 4.69) is 27.5 Å². The Hall–Kier alpha value is -3.52. The van der Waals surface area contributed by atoms with Crippen LogP contribution in [0.4, 0.5) is 15.3 Å². The SMILES string of the molecule is CCc1cc([C@@H](Nc2nc(C)cc(C)n2)c2ccc(F)cc2)c(NC(=O)c2ccco2)s1. The van der Waals surface area contributed by atoms with Crippen molar-refractivity contribution in [2.45, 2.75) is 33.2 Å². The number of amides is 1. The Bertz CT molecular complexity index is 1200. The fourth-order valence-electron chi connectivity index (χ4n) is 3.43. The predicted octanol–water partition coefficient (Wildman–Crippen LogP) is 5.90. The second-order valence-electron chi connectivity index (χ2n) is 7.39. The standard InChI is InChI=1S/C24H23FN4O2S/c1-4-18-13-19(23(32-18)29-22(30)20-6-5-11-31-20)21(16-7-9-17(25)10-8-16)28-24-26-14(2)12-15(3)27-24/h5-13,21H,4H2,1-3H3,(H,29,30)(H,26,27,28)/t21-/m0/s1. The number of anilines is 2. The van der Waals surface area contributed by atoms with Crippen LogP contribution in [-0.2, 0) is 6.42 Å². The van der Waals surface area contributed by atoms with Crippen LogP contribution in [0, 0.1) is 19.7 Å². The van der Waals surface area contributed by atoms with Crippen LogP contribution in [0.25, 0.3) is 0 Å². The summed E-state index contributed by atoms with van der Waals surface area (Å²) in [6.45, 7) is 5.87. The highest BCUT2D eigenvalue weighted by Crippen LogP contribution is 2.38. The van der Waals surface area contributed by atoms with Gasteiger partial charge in [0.15, 0.2) is 5.76 Å². The van der Waals surface area contributed by atoms with Gasteiger partial charge in [-0.15, -0.1) is 11.3 Å². The van der Waals surface area contributed by atoms with Crippen molar-refractivity contribution >= 4 is 28.2 Å². The summed E-state index contributed by atoms with van der Waals surface area (Å²) in [5.74, 6) is 0.0398. The molecule has 6 nitrogen and oxygen atoms in total. The highest BCUT2D eigenvalue weighted by atomic mass is 32.1. The van der Waals surface area contributed by atoms with E-state index in [1.807, 2.05) is 26.0 Å². The minimum atomic E-state index is -0.403. The molecular weight excluding hydrogens is 427 g/mol. The summed E-state index contributed by atoms with van der Waals surface area (Å²) in [6.07, 6.45) is 2.27. The number of hydrogen-bond donors (Lipinski definition) is 2. The quantitative estimate of drug-likeness (QED) is 0.366. The summed E-state index contributed by atoms with van der Waals surface area (Å²) in [5, 5.41) is 7.04. The highest BCUT2D eigenvalue weighted by Gasteiger charge is 2.24. The third kappa shape index (κ3) is 4.86. The van der Waals surface area contributed by atoms with E-state index in [0.717, 1.165) is 33.8 Å². The number of furan rings is 1. The second-order valence-corrected chi connectivity index (χ2v) is 8.52. The lowest BCUT2D eigenvalue weighted by Gasteiger charge is -2.21. The first kappa shape index (κ1) is 21.7. The zero-order valence-corrected chi connectivity index (χ0v) is 18.8. The number of benzene rings is 1. The summed E-state index contributed by atoms with van der Waals surface area (Å²) in [6, 6.07) is 13.1. The zero-order valence-electron chi connectivity index (χ0n) is 18.0. The molecule has 0 fully saturated rings. The van der Waals surface area contributed by atoms with Gasteiger partial charge in [0.25, 0.3) is 5.91 Å². The Morgan fingerprint density at radius 2 is 1.84 bits per heavy atom. The molecule has 8 heteroatoms. The third-order valence-corrected chi connectivity index (χ3v) is 6.11. The van der Waals surface area contributed by atoms with E-state index in [1.165, 1.54) is 29.7 Å². The molecule has 0 radical (unpaired) electrons. The number of nitrogens with zero attached hydrogens (tertiary/aromatic N) is 2. The van der Waals surface area contributed by atoms with Crippen molar-refractivity contribution in [1.29, 1.82) is 0 Å². The average molecular weight is 451 g/mol. The van der Waals surface area contributed by atoms with Gasteiger partial charge in [0.1, 0.15) is 10.8 Å². The van der Waals surface area contributed by atoms with Crippen LogP contribution >= 0.6 is 11.3 Å². The van der Waals surface area contributed by atoms with E-state index >= 15 is 0 Å². The minimum absolute atomic E-state index is 0.228. The summed E-state index contributed by atoms with van der Waals surface area (Å²) in [5.41, 5.74) is 3.34. The van der Waals surface area contributed by atoms with Crippen molar-refractivity contribution in [3.05, 3.63) is 93.8 Å². The molecule has 3 aromatic heterocycles. The van der Waals surface area contributed by atoms with Crippen LogP contribution < -0.4 is 10.6 Å². The first-order valence-corrected chi connectivity index (χ1v) is 11.1. The average Bonchev–Trinajstić information content (AvgIpc) is 3.42. The lowest BCUT2D eigenvalue weighted by Crippen LogP contribution is -2.18. The van der Waals surface area contributed by atoms with Gasteiger partial charge in [-0.1, -0.05) is 19.1 Å². The molecule has 1 aromatic carbocycles. The molecule has 0 aliphatic heterocycles. The molecule has 32 heavy (non-hydrogen) atoms. The van der Waals surface area contributed by atoms with Crippen LogP contribution in [-0.4, -0.2) is 15.9 Å². The maximum absolute atomic E-state index is 13.6. The number of nitrogens with one attached hydrogen (secondary N) is 2. The summed E-state index contributed by atoms with van der Waals surface area (Å²) in [4.78, 5) is 22.8. The number of aryl methyl sites for hydroxylation is 3. The Balaban J connectivity index is 1.77. The van der Waals surface area contributed by atoms with Gasteiger partial charge < -0.3 is 15.1 Å². The van der Waals surface area contributed by atoms with Gasteiger partial charge in [-0.25, -0.2) is 14.4 Å². The van der Waals surface area contributed by atoms with Crippen LogP contribution in [0.15, 0.2) is 59.2 Å². The van der Waals surface area contributed by atoms with E-state index < -0.39 is 6.04 Å². The molecule has 0 spiro atoms. The normalized spacial score (nSPS) is 11.9. The lowest BCUT2D eigenvalue weighted by atomic mass is 10.00. The fraction of sp³-hybridized carbons (Fsp3) is 0.208. The molecule has 0 aliphatic rings. The molecule has 0 bridgehead atoms. The summed E-state index contributed by atoms with van der Waals surface area (Å²) >= 11 is 1.50. The molecule has 1 atom stereocenters. The second kappa shape index (κ2) is 9.32. The van der Waals surface area contributed by atoms with Gasteiger partial charge in [-0.05, 0) is 62.2 Å². The van der Waals surface area contributed by atoms with E-state index in [4.69, 9.17) is 4.42 Å². The first-order valence-electron chi connectivity index (χ1n) is 10.2. The van der Waals surface area contributed by atoms with E-state index in [-0.39, 0.29) is 17.5 Å². The molecular formula is C24H23FN4O2S. The molecule has 2 N–H and O–H groups in total. The Morgan fingerprint density at radius 3 is 2.47 bits per heavy atom. The molecule has 0 unspecified atom stereocenters.